The zero-order valence-electron chi connectivity index (χ0n) is 9.55. The first kappa shape index (κ1) is 12.3. The fraction of sp³-hybridized carbons (Fsp3) is 0.0833. The van der Waals surface area contributed by atoms with E-state index in [0.717, 1.165) is 5.69 Å². The zero-order chi connectivity index (χ0) is 13.0. The average molecular weight is 264 g/mol. The number of methoxy groups -OCH3 is 1. The monoisotopic (exact) mass is 263 g/mol. The van der Waals surface area contributed by atoms with Crippen molar-refractivity contribution >= 4 is 29.1 Å². The average Bonchev–Trinajstić information content (AvgIpc) is 2.39. The van der Waals surface area contributed by atoms with Crippen LogP contribution in [0.5, 0.6) is 0 Å². The predicted molar refractivity (Wildman–Crippen MR) is 68.1 cm³/mol. The molecule has 18 heavy (non-hydrogen) atoms. The van der Waals surface area contributed by atoms with Gasteiger partial charge < -0.3 is 10.1 Å². The molecule has 1 aromatic carbocycles. The molecule has 0 unspecified atom stereocenters. The van der Waals surface area contributed by atoms with Gasteiger partial charge in [-0.05, 0) is 23.7 Å². The molecule has 5 nitrogen and oxygen atoms in total. The van der Waals surface area contributed by atoms with Crippen LogP contribution in [0.2, 0.25) is 5.28 Å². The predicted octanol–water partition coefficient (Wildman–Crippen LogP) is 2.66. The number of rotatable bonds is 3. The van der Waals surface area contributed by atoms with Crippen LogP contribution >= 0.6 is 11.6 Å². The van der Waals surface area contributed by atoms with Gasteiger partial charge in [0.1, 0.15) is 11.4 Å². The number of ether oxygens (including phenoxy) is 1. The van der Waals surface area contributed by atoms with Gasteiger partial charge in [-0.15, -0.1) is 0 Å². The maximum absolute atomic E-state index is 11.6. The number of hydrogen-bond donors (Lipinski definition) is 1. The van der Waals surface area contributed by atoms with Gasteiger partial charge in [-0.1, -0.05) is 18.2 Å². The van der Waals surface area contributed by atoms with Gasteiger partial charge in [0.2, 0.25) is 5.28 Å². The number of anilines is 2. The fourth-order valence-corrected chi connectivity index (χ4v) is 1.51. The molecule has 0 aliphatic heterocycles. The molecule has 2 rings (SSSR count). The van der Waals surface area contributed by atoms with E-state index < -0.39 is 5.97 Å². The maximum atomic E-state index is 11.6. The Kier molecular flexibility index (Phi) is 3.74. The summed E-state index contributed by atoms with van der Waals surface area (Å²) >= 11 is 5.72. The smallest absolute Gasteiger partial charge is 0.343 e. The lowest BCUT2D eigenvalue weighted by molar-refractivity contribution is 0.0601. The zero-order valence-corrected chi connectivity index (χ0v) is 10.3. The van der Waals surface area contributed by atoms with Crippen molar-refractivity contribution in [3.63, 3.8) is 0 Å². The van der Waals surface area contributed by atoms with Gasteiger partial charge in [-0.3, -0.25) is 0 Å². The number of benzene rings is 1. The molecule has 0 amide bonds. The second-order valence-electron chi connectivity index (χ2n) is 3.38. The first-order valence-electron chi connectivity index (χ1n) is 5.13. The van der Waals surface area contributed by atoms with Gasteiger partial charge >= 0.3 is 5.97 Å². The summed E-state index contributed by atoms with van der Waals surface area (Å²) in [6, 6.07) is 9.30. The van der Waals surface area contributed by atoms with E-state index in [-0.39, 0.29) is 10.8 Å². The normalized spacial score (nSPS) is 9.89. The summed E-state index contributed by atoms with van der Waals surface area (Å²) < 4.78 is 4.65. The van der Waals surface area contributed by atoms with E-state index in [4.69, 9.17) is 11.6 Å². The van der Waals surface area contributed by atoms with Crippen LogP contribution in [0.4, 0.5) is 11.5 Å². The highest BCUT2D eigenvalue weighted by Gasteiger charge is 2.14. The Morgan fingerprint density at radius 3 is 2.72 bits per heavy atom. The molecule has 6 heteroatoms. The van der Waals surface area contributed by atoms with E-state index in [2.05, 4.69) is 20.0 Å². The lowest BCUT2D eigenvalue weighted by atomic mass is 10.3. The summed E-state index contributed by atoms with van der Waals surface area (Å²) in [5.74, 6) is -0.210. The lowest BCUT2D eigenvalue weighted by Gasteiger charge is -2.09. The van der Waals surface area contributed by atoms with Crippen molar-refractivity contribution in [1.29, 1.82) is 0 Å². The van der Waals surface area contributed by atoms with E-state index in [1.165, 1.54) is 13.3 Å². The summed E-state index contributed by atoms with van der Waals surface area (Å²) in [7, 11) is 1.29. The SMILES string of the molecule is COC(=O)c1cnc(Cl)nc1Nc1ccccc1. The van der Waals surface area contributed by atoms with Gasteiger partial charge in [0, 0.05) is 11.9 Å². The van der Waals surface area contributed by atoms with Crippen molar-refractivity contribution in [3.8, 4) is 0 Å². The first-order valence-corrected chi connectivity index (χ1v) is 5.51. The molecule has 0 bridgehead atoms. The minimum absolute atomic E-state index is 0.0566. The largest absolute Gasteiger partial charge is 0.465 e. The third-order valence-corrected chi connectivity index (χ3v) is 2.38. The van der Waals surface area contributed by atoms with Crippen LogP contribution in [0.25, 0.3) is 0 Å². The van der Waals surface area contributed by atoms with Crippen molar-refractivity contribution in [2.24, 2.45) is 0 Å². The number of aromatic nitrogens is 2. The Hall–Kier alpha value is -2.14. The number of carbonyl (C=O) groups excluding carboxylic acids is 1. The molecule has 1 N–H and O–H groups in total. The molecule has 1 heterocycles. The van der Waals surface area contributed by atoms with Crippen molar-refractivity contribution in [2.75, 3.05) is 12.4 Å². The van der Waals surface area contributed by atoms with Crippen molar-refractivity contribution in [1.82, 2.24) is 9.97 Å². The van der Waals surface area contributed by atoms with E-state index in [9.17, 15) is 4.79 Å². The minimum Gasteiger partial charge on any atom is -0.465 e. The van der Waals surface area contributed by atoms with Gasteiger partial charge in [-0.25, -0.2) is 9.78 Å². The molecule has 0 saturated heterocycles. The van der Waals surface area contributed by atoms with Crippen molar-refractivity contribution < 1.29 is 9.53 Å². The van der Waals surface area contributed by atoms with Gasteiger partial charge in [0.25, 0.3) is 0 Å². The highest BCUT2D eigenvalue weighted by atomic mass is 35.5. The second-order valence-corrected chi connectivity index (χ2v) is 3.72. The third kappa shape index (κ3) is 2.75. The Balaban J connectivity index is 2.36. The molecule has 0 radical (unpaired) electrons. The molecule has 0 fully saturated rings. The highest BCUT2D eigenvalue weighted by Crippen LogP contribution is 2.20. The summed E-state index contributed by atoms with van der Waals surface area (Å²) in [6.45, 7) is 0. The van der Waals surface area contributed by atoms with E-state index in [0.29, 0.717) is 5.82 Å². The lowest BCUT2D eigenvalue weighted by Crippen LogP contribution is -2.08. The van der Waals surface area contributed by atoms with E-state index in [1.807, 2.05) is 30.3 Å². The molecular formula is C12H10ClN3O2. The number of esters is 1. The molecule has 92 valence electrons. The van der Waals surface area contributed by atoms with Gasteiger partial charge in [-0.2, -0.15) is 4.98 Å². The van der Waals surface area contributed by atoms with Crippen LogP contribution in [-0.2, 0) is 4.74 Å². The molecule has 1 aromatic heterocycles. The second kappa shape index (κ2) is 5.46. The minimum atomic E-state index is -0.523. The van der Waals surface area contributed by atoms with Crippen LogP contribution < -0.4 is 5.32 Å². The standard InChI is InChI=1S/C12H10ClN3O2/c1-18-11(17)9-7-14-12(13)16-10(9)15-8-5-3-2-4-6-8/h2-7H,1H3,(H,14,15,16). The topological polar surface area (TPSA) is 64.1 Å². The van der Waals surface area contributed by atoms with Crippen LogP contribution in [0.3, 0.4) is 0 Å². The van der Waals surface area contributed by atoms with E-state index in [1.54, 1.807) is 0 Å². The molecule has 0 spiro atoms. The number of carbonyl (C=O) groups is 1. The number of para-hydroxylation sites is 1. The Labute approximate surface area is 109 Å². The Bertz CT molecular complexity index is 561. The molecule has 0 atom stereocenters. The van der Waals surface area contributed by atoms with Gasteiger partial charge in [0.15, 0.2) is 0 Å². The van der Waals surface area contributed by atoms with E-state index >= 15 is 0 Å². The van der Waals surface area contributed by atoms with Crippen LogP contribution in [0, 0.1) is 0 Å². The summed E-state index contributed by atoms with van der Waals surface area (Å²) in [4.78, 5) is 19.3. The molecule has 0 aliphatic carbocycles. The highest BCUT2D eigenvalue weighted by molar-refractivity contribution is 6.28. The number of nitrogens with one attached hydrogen (secondary N) is 1. The van der Waals surface area contributed by atoms with Crippen molar-refractivity contribution in [3.05, 3.63) is 47.4 Å². The van der Waals surface area contributed by atoms with Crippen LogP contribution in [0.1, 0.15) is 10.4 Å². The summed E-state index contributed by atoms with van der Waals surface area (Å²) in [6.07, 6.45) is 1.33. The molecule has 0 aliphatic rings. The first-order chi connectivity index (χ1) is 8.70. The number of hydrogen-bond acceptors (Lipinski definition) is 5. The molecule has 0 saturated carbocycles. The van der Waals surface area contributed by atoms with Gasteiger partial charge in [0.05, 0.1) is 7.11 Å². The Morgan fingerprint density at radius 1 is 1.33 bits per heavy atom. The molecule has 2 aromatic rings. The third-order valence-electron chi connectivity index (χ3n) is 2.20. The number of nitrogens with zero attached hydrogens (tertiary/aromatic N) is 2. The van der Waals surface area contributed by atoms with Crippen LogP contribution in [-0.4, -0.2) is 23.0 Å². The molecular weight excluding hydrogens is 254 g/mol. The summed E-state index contributed by atoms with van der Waals surface area (Å²) in [5, 5.41) is 3.05. The quantitative estimate of drug-likeness (QED) is 0.681. The Morgan fingerprint density at radius 2 is 2.06 bits per heavy atom. The van der Waals surface area contributed by atoms with Crippen LogP contribution in [0.15, 0.2) is 36.5 Å². The fourth-order valence-electron chi connectivity index (χ4n) is 1.37. The van der Waals surface area contributed by atoms with Crippen molar-refractivity contribution in [2.45, 2.75) is 0 Å². The summed E-state index contributed by atoms with van der Waals surface area (Å²) in [5.41, 5.74) is 1.02. The number of halogens is 1. The maximum Gasteiger partial charge on any atom is 0.343 e.